The van der Waals surface area contributed by atoms with Gasteiger partial charge >= 0.3 is 0 Å². The van der Waals surface area contributed by atoms with Crippen LogP contribution in [0.4, 0.5) is 10.2 Å². The number of thioether (sulfide) groups is 1. The fourth-order valence-electron chi connectivity index (χ4n) is 4.26. The number of halogens is 1. The molecule has 4 heterocycles. The van der Waals surface area contributed by atoms with Gasteiger partial charge in [-0.1, -0.05) is 42.2 Å². The maximum Gasteiger partial charge on any atom is 0.267 e. The van der Waals surface area contributed by atoms with Gasteiger partial charge in [0.25, 0.3) is 11.5 Å². The predicted octanol–water partition coefficient (Wildman–Crippen LogP) is 4.53. The van der Waals surface area contributed by atoms with Gasteiger partial charge in [0.2, 0.25) is 0 Å². The first-order valence-electron chi connectivity index (χ1n) is 11.2. The van der Waals surface area contributed by atoms with Gasteiger partial charge in [-0.15, -0.1) is 0 Å². The highest BCUT2D eigenvalue weighted by atomic mass is 32.2. The Morgan fingerprint density at radius 1 is 1.09 bits per heavy atom. The number of thiocarbonyl (C=S) groups is 1. The molecule has 0 saturated carbocycles. The van der Waals surface area contributed by atoms with Gasteiger partial charge in [0.1, 0.15) is 21.6 Å². The molecule has 6 nitrogen and oxygen atoms in total. The molecule has 0 radical (unpaired) electrons. The SMILES string of the molecule is Cc1ccc2nc(N3CCCCC3)c(C=C3SC(=S)N(Cc4ccc(F)cc4)C3=O)c(=O)n2c1. The minimum Gasteiger partial charge on any atom is -0.356 e. The third-order valence-electron chi connectivity index (χ3n) is 6.04. The summed E-state index contributed by atoms with van der Waals surface area (Å²) in [5.74, 6) is 0.00815. The average molecular weight is 495 g/mol. The fourth-order valence-corrected chi connectivity index (χ4v) is 5.50. The number of rotatable bonds is 4. The molecule has 2 saturated heterocycles. The molecule has 1 amide bonds. The van der Waals surface area contributed by atoms with Crippen molar-refractivity contribution in [2.75, 3.05) is 18.0 Å². The summed E-state index contributed by atoms with van der Waals surface area (Å²) in [5, 5.41) is 0. The van der Waals surface area contributed by atoms with Crippen LogP contribution in [-0.2, 0) is 11.3 Å². The van der Waals surface area contributed by atoms with Crippen LogP contribution in [0.15, 0.2) is 52.3 Å². The lowest BCUT2D eigenvalue weighted by molar-refractivity contribution is -0.122. The smallest absolute Gasteiger partial charge is 0.267 e. The molecule has 2 aliphatic rings. The number of carbonyl (C=O) groups is 1. The van der Waals surface area contributed by atoms with E-state index in [0.29, 0.717) is 26.3 Å². The Bertz CT molecular complexity index is 1380. The summed E-state index contributed by atoms with van der Waals surface area (Å²) in [6.07, 6.45) is 6.63. The second kappa shape index (κ2) is 9.31. The van der Waals surface area contributed by atoms with E-state index in [2.05, 4.69) is 4.90 Å². The lowest BCUT2D eigenvalue weighted by Gasteiger charge is -2.29. The Balaban J connectivity index is 1.56. The topological polar surface area (TPSA) is 57.9 Å². The van der Waals surface area contributed by atoms with Crippen LogP contribution in [0, 0.1) is 12.7 Å². The first-order chi connectivity index (χ1) is 16.4. The van der Waals surface area contributed by atoms with E-state index in [4.69, 9.17) is 17.2 Å². The molecule has 0 atom stereocenters. The van der Waals surface area contributed by atoms with E-state index in [9.17, 15) is 14.0 Å². The highest BCUT2D eigenvalue weighted by Gasteiger charge is 2.33. The molecule has 0 unspecified atom stereocenters. The number of nitrogens with zero attached hydrogens (tertiary/aromatic N) is 4. The van der Waals surface area contributed by atoms with Crippen molar-refractivity contribution >= 4 is 51.7 Å². The quantitative estimate of drug-likeness (QED) is 0.392. The number of anilines is 1. The summed E-state index contributed by atoms with van der Waals surface area (Å²) in [7, 11) is 0. The third-order valence-corrected chi connectivity index (χ3v) is 7.42. The van der Waals surface area contributed by atoms with E-state index in [1.807, 2.05) is 19.1 Å². The molecular formula is C25H23FN4O2S2. The number of fused-ring (bicyclic) bond motifs is 1. The lowest BCUT2D eigenvalue weighted by Crippen LogP contribution is -2.33. The largest absolute Gasteiger partial charge is 0.356 e. The van der Waals surface area contributed by atoms with E-state index >= 15 is 0 Å². The first-order valence-corrected chi connectivity index (χ1v) is 12.4. The zero-order valence-corrected chi connectivity index (χ0v) is 20.3. The van der Waals surface area contributed by atoms with Gasteiger partial charge in [-0.25, -0.2) is 9.37 Å². The molecule has 3 aromatic rings. The van der Waals surface area contributed by atoms with E-state index in [-0.39, 0.29) is 23.8 Å². The van der Waals surface area contributed by atoms with E-state index < -0.39 is 0 Å². The minimum atomic E-state index is -0.334. The monoisotopic (exact) mass is 494 g/mol. The van der Waals surface area contributed by atoms with E-state index in [1.54, 1.807) is 24.4 Å². The molecule has 1 aromatic carbocycles. The van der Waals surface area contributed by atoms with Crippen LogP contribution >= 0.6 is 24.0 Å². The molecule has 5 rings (SSSR count). The number of aromatic nitrogens is 2. The van der Waals surface area contributed by atoms with Gasteiger partial charge in [0, 0.05) is 19.3 Å². The molecule has 34 heavy (non-hydrogen) atoms. The number of amides is 1. The van der Waals surface area contributed by atoms with Gasteiger partial charge < -0.3 is 4.90 Å². The number of carbonyl (C=O) groups excluding carboxylic acids is 1. The average Bonchev–Trinajstić information content (AvgIpc) is 3.10. The molecular weight excluding hydrogens is 471 g/mol. The number of hydrogen-bond donors (Lipinski definition) is 0. The number of piperidine rings is 1. The Morgan fingerprint density at radius 2 is 1.82 bits per heavy atom. The molecule has 0 N–H and O–H groups in total. The molecule has 0 aliphatic carbocycles. The molecule has 0 bridgehead atoms. The number of benzene rings is 1. The van der Waals surface area contributed by atoms with Gasteiger partial charge in [0.15, 0.2) is 0 Å². The zero-order chi connectivity index (χ0) is 23.8. The van der Waals surface area contributed by atoms with Crippen LogP contribution in [0.2, 0.25) is 0 Å². The van der Waals surface area contributed by atoms with Crippen molar-refractivity contribution in [1.29, 1.82) is 0 Å². The molecule has 0 spiro atoms. The van der Waals surface area contributed by atoms with E-state index in [0.717, 1.165) is 43.5 Å². The summed E-state index contributed by atoms with van der Waals surface area (Å²) in [6.45, 7) is 3.81. The highest BCUT2D eigenvalue weighted by molar-refractivity contribution is 8.26. The molecule has 9 heteroatoms. The van der Waals surface area contributed by atoms with Crippen LogP contribution in [0.3, 0.4) is 0 Å². The van der Waals surface area contributed by atoms with Crippen molar-refractivity contribution in [2.45, 2.75) is 32.7 Å². The molecule has 2 fully saturated rings. The van der Waals surface area contributed by atoms with Crippen molar-refractivity contribution in [3.63, 3.8) is 0 Å². The Kier molecular flexibility index (Phi) is 6.22. The second-order valence-corrected chi connectivity index (χ2v) is 10.2. The van der Waals surface area contributed by atoms with Gasteiger partial charge in [-0.05, 0) is 61.6 Å². The van der Waals surface area contributed by atoms with Gasteiger partial charge in [0.05, 0.1) is 17.0 Å². The number of aryl methyl sites for hydroxylation is 1. The maximum atomic E-state index is 13.6. The standard InChI is InChI=1S/C25H23FN4O2S2/c1-16-5-10-21-27-22(28-11-3-2-4-12-28)19(23(31)29(21)14-16)13-20-24(32)30(25(33)34-20)15-17-6-8-18(26)9-7-17/h5-10,13-14H,2-4,11-12,15H2,1H3. The third kappa shape index (κ3) is 4.37. The fraction of sp³-hybridized carbons (Fsp3) is 0.280. The summed E-state index contributed by atoms with van der Waals surface area (Å²) in [4.78, 5) is 35.6. The first kappa shape index (κ1) is 22.7. The summed E-state index contributed by atoms with van der Waals surface area (Å²) in [5.41, 5.74) is 2.48. The van der Waals surface area contributed by atoms with Gasteiger partial charge in [-0.3, -0.25) is 18.9 Å². The van der Waals surface area contributed by atoms with Crippen molar-refractivity contribution in [3.8, 4) is 0 Å². The number of pyridine rings is 1. The van der Waals surface area contributed by atoms with Crippen LogP contribution in [0.25, 0.3) is 11.7 Å². The number of hydrogen-bond acceptors (Lipinski definition) is 6. The molecule has 2 aliphatic heterocycles. The lowest BCUT2D eigenvalue weighted by atomic mass is 10.1. The van der Waals surface area contributed by atoms with Crippen LogP contribution in [-0.4, -0.2) is 37.6 Å². The minimum absolute atomic E-state index is 0.210. The predicted molar refractivity (Wildman–Crippen MR) is 137 cm³/mol. The van der Waals surface area contributed by atoms with Crippen LogP contribution < -0.4 is 10.5 Å². The highest BCUT2D eigenvalue weighted by Crippen LogP contribution is 2.34. The molecule has 2 aromatic heterocycles. The summed E-state index contributed by atoms with van der Waals surface area (Å²) < 4.78 is 15.2. The van der Waals surface area contributed by atoms with E-state index in [1.165, 1.54) is 33.2 Å². The second-order valence-electron chi connectivity index (χ2n) is 8.53. The zero-order valence-electron chi connectivity index (χ0n) is 18.7. The summed E-state index contributed by atoms with van der Waals surface area (Å²) >= 11 is 6.64. The normalized spacial score (nSPS) is 17.9. The van der Waals surface area contributed by atoms with Crippen molar-refractivity contribution in [2.24, 2.45) is 0 Å². The molecule has 174 valence electrons. The Hall–Kier alpha value is -3.04. The van der Waals surface area contributed by atoms with Crippen molar-refractivity contribution in [3.05, 3.63) is 80.4 Å². The van der Waals surface area contributed by atoms with Gasteiger partial charge in [-0.2, -0.15) is 0 Å². The maximum absolute atomic E-state index is 13.6. The Morgan fingerprint density at radius 3 is 2.56 bits per heavy atom. The van der Waals surface area contributed by atoms with Crippen molar-refractivity contribution < 1.29 is 9.18 Å². The van der Waals surface area contributed by atoms with Crippen LogP contribution in [0.5, 0.6) is 0 Å². The Labute approximate surface area is 206 Å². The van der Waals surface area contributed by atoms with Crippen molar-refractivity contribution in [1.82, 2.24) is 14.3 Å². The van der Waals surface area contributed by atoms with Crippen LogP contribution in [0.1, 0.15) is 36.0 Å². The summed E-state index contributed by atoms with van der Waals surface area (Å²) in [6, 6.07) is 9.76.